The van der Waals surface area contributed by atoms with Gasteiger partial charge in [-0.05, 0) is 64.2 Å². The first-order chi connectivity index (χ1) is 18.3. The summed E-state index contributed by atoms with van der Waals surface area (Å²) in [5, 5.41) is 14.3. The Balaban J connectivity index is 1.23. The first-order valence-corrected chi connectivity index (χ1v) is 11.8. The van der Waals surface area contributed by atoms with Gasteiger partial charge in [-0.2, -0.15) is 0 Å². The maximum Gasteiger partial charge on any atom is 0.251 e. The van der Waals surface area contributed by atoms with Gasteiger partial charge >= 0.3 is 0 Å². The number of carbonyl (C=O) groups is 1. The lowest BCUT2D eigenvalue weighted by Gasteiger charge is -2.18. The van der Waals surface area contributed by atoms with Crippen LogP contribution in [0.5, 0.6) is 0 Å². The van der Waals surface area contributed by atoms with Gasteiger partial charge < -0.3 is 21.0 Å². The van der Waals surface area contributed by atoms with Crippen molar-refractivity contribution in [2.75, 3.05) is 0 Å². The average Bonchev–Trinajstić information content (AvgIpc) is 3.48. The number of nitrogens with two attached hydrogens (primary N) is 1. The van der Waals surface area contributed by atoms with Gasteiger partial charge in [0.1, 0.15) is 29.7 Å². The van der Waals surface area contributed by atoms with Crippen LogP contribution in [0, 0.1) is 17.5 Å². The molecule has 0 unspecified atom stereocenters. The number of nitrogens with zero attached hydrogens (tertiary/aromatic N) is 1. The van der Waals surface area contributed by atoms with E-state index in [0.717, 1.165) is 34.4 Å². The third kappa shape index (κ3) is 3.88. The van der Waals surface area contributed by atoms with E-state index in [1.807, 2.05) is 18.2 Å². The van der Waals surface area contributed by atoms with Crippen LogP contribution < -0.4 is 11.1 Å². The fraction of sp³-hybridized carbons (Fsp3) is 0.103. The quantitative estimate of drug-likeness (QED) is 0.145. The molecule has 0 fully saturated rings. The highest BCUT2D eigenvalue weighted by atomic mass is 19.1. The molecule has 0 radical (unpaired) electrons. The molecule has 0 spiro atoms. The first kappa shape index (κ1) is 23.7. The van der Waals surface area contributed by atoms with E-state index < -0.39 is 29.5 Å². The summed E-state index contributed by atoms with van der Waals surface area (Å²) in [5.41, 5.74) is 10.8. The van der Waals surface area contributed by atoms with Crippen molar-refractivity contribution >= 4 is 11.7 Å². The summed E-state index contributed by atoms with van der Waals surface area (Å²) in [6.45, 7) is -0.0593. The Morgan fingerprint density at radius 2 is 1.55 bits per heavy atom. The molecule has 9 heteroatoms. The number of ether oxygens (including phenoxy) is 1. The predicted molar refractivity (Wildman–Crippen MR) is 133 cm³/mol. The molecule has 190 valence electrons. The molecule has 2 atom stereocenters. The third-order valence-electron chi connectivity index (χ3n) is 6.98. The van der Waals surface area contributed by atoms with E-state index in [9.17, 15) is 18.0 Å². The van der Waals surface area contributed by atoms with E-state index in [4.69, 9.17) is 15.7 Å². The molecular formula is C29H20F3N3O3. The lowest BCUT2D eigenvalue weighted by Crippen LogP contribution is -2.24. The van der Waals surface area contributed by atoms with Crippen molar-refractivity contribution in [2.24, 2.45) is 10.9 Å². The molecule has 2 heterocycles. The molecule has 4 aromatic rings. The van der Waals surface area contributed by atoms with E-state index in [0.29, 0.717) is 11.1 Å². The zero-order valence-electron chi connectivity index (χ0n) is 19.7. The van der Waals surface area contributed by atoms with E-state index in [2.05, 4.69) is 10.5 Å². The van der Waals surface area contributed by atoms with Gasteiger partial charge in [-0.25, -0.2) is 13.2 Å². The Kier molecular flexibility index (Phi) is 5.65. The van der Waals surface area contributed by atoms with Gasteiger partial charge in [0.2, 0.25) is 0 Å². The van der Waals surface area contributed by atoms with Gasteiger partial charge in [0.05, 0.1) is 0 Å². The summed E-state index contributed by atoms with van der Waals surface area (Å²) in [6, 6.07) is 18.4. The molecule has 2 aliphatic rings. The molecule has 0 aliphatic carbocycles. The highest BCUT2D eigenvalue weighted by Gasteiger charge is 2.43. The normalized spacial score (nSPS) is 17.3. The zero-order chi connectivity index (χ0) is 26.6. The molecule has 38 heavy (non-hydrogen) atoms. The number of benzene rings is 4. The topological polar surface area (TPSA) is 96.9 Å². The minimum Gasteiger partial charge on any atom is -0.409 e. The minimum atomic E-state index is -0.649. The fourth-order valence-electron chi connectivity index (χ4n) is 5.06. The molecule has 1 amide bonds. The van der Waals surface area contributed by atoms with Crippen molar-refractivity contribution in [1.29, 1.82) is 0 Å². The second-order valence-corrected chi connectivity index (χ2v) is 9.18. The number of halogens is 3. The zero-order valence-corrected chi connectivity index (χ0v) is 19.7. The molecule has 0 saturated carbocycles. The molecule has 2 bridgehead atoms. The second kappa shape index (κ2) is 9.04. The lowest BCUT2D eigenvalue weighted by atomic mass is 9.83. The maximum absolute atomic E-state index is 14.4. The largest absolute Gasteiger partial charge is 0.409 e. The molecular weight excluding hydrogens is 495 g/mol. The van der Waals surface area contributed by atoms with Crippen LogP contribution in [0.15, 0.2) is 78.0 Å². The highest BCUT2D eigenvalue weighted by molar-refractivity contribution is 5.97. The Labute approximate surface area is 215 Å². The summed E-state index contributed by atoms with van der Waals surface area (Å²) in [5.74, 6) is -2.50. The summed E-state index contributed by atoms with van der Waals surface area (Å²) >= 11 is 0. The number of nitrogens with one attached hydrogen (secondary N) is 1. The van der Waals surface area contributed by atoms with Crippen molar-refractivity contribution in [3.63, 3.8) is 0 Å². The fourth-order valence-corrected chi connectivity index (χ4v) is 5.06. The monoisotopic (exact) mass is 515 g/mol. The summed E-state index contributed by atoms with van der Waals surface area (Å²) < 4.78 is 48.4. The van der Waals surface area contributed by atoms with Crippen molar-refractivity contribution in [3.05, 3.63) is 129 Å². The van der Waals surface area contributed by atoms with Crippen LogP contribution in [-0.2, 0) is 11.3 Å². The maximum atomic E-state index is 14.4. The number of hydrogen-bond donors (Lipinski definition) is 3. The van der Waals surface area contributed by atoms with E-state index in [1.54, 1.807) is 18.2 Å². The summed E-state index contributed by atoms with van der Waals surface area (Å²) in [7, 11) is 0. The first-order valence-electron chi connectivity index (χ1n) is 11.8. The number of hydrogen-bond acceptors (Lipinski definition) is 4. The van der Waals surface area contributed by atoms with Crippen LogP contribution in [0.2, 0.25) is 0 Å². The van der Waals surface area contributed by atoms with Gasteiger partial charge in [-0.3, -0.25) is 4.79 Å². The molecule has 6 nitrogen and oxygen atoms in total. The number of carbonyl (C=O) groups excluding carboxylic acids is 1. The Hall–Kier alpha value is -4.63. The Morgan fingerprint density at radius 3 is 2.29 bits per heavy atom. The van der Waals surface area contributed by atoms with Crippen molar-refractivity contribution < 1.29 is 27.9 Å². The predicted octanol–water partition coefficient (Wildman–Crippen LogP) is 5.32. The van der Waals surface area contributed by atoms with Crippen LogP contribution in [0.3, 0.4) is 0 Å². The van der Waals surface area contributed by atoms with Gasteiger partial charge in [-0.1, -0.05) is 35.5 Å². The second-order valence-electron chi connectivity index (χ2n) is 9.18. The Morgan fingerprint density at radius 1 is 0.842 bits per heavy atom. The van der Waals surface area contributed by atoms with E-state index in [-0.39, 0.29) is 35.2 Å². The van der Waals surface area contributed by atoms with E-state index in [1.165, 1.54) is 24.3 Å². The number of oxime groups is 1. The number of amidine groups is 1. The molecule has 6 rings (SSSR count). The van der Waals surface area contributed by atoms with Gasteiger partial charge in [0, 0.05) is 34.9 Å². The van der Waals surface area contributed by atoms with Crippen LogP contribution >= 0.6 is 0 Å². The Bertz CT molecular complexity index is 1650. The smallest absolute Gasteiger partial charge is 0.251 e. The summed E-state index contributed by atoms with van der Waals surface area (Å²) in [4.78, 5) is 12.9. The van der Waals surface area contributed by atoms with Crippen LogP contribution in [-0.4, -0.2) is 17.0 Å². The number of amides is 1. The third-order valence-corrected chi connectivity index (χ3v) is 6.98. The highest BCUT2D eigenvalue weighted by Crippen LogP contribution is 2.54. The molecule has 4 aromatic carbocycles. The number of rotatable bonds is 5. The number of fused-ring (bicyclic) bond motifs is 8. The SMILES string of the molecule is NC(=NO)c1ccc(CNC(=O)c2ccc3c(c2)[C@@H]2O[C@H]3c3ccc(-c4ccc(F)cc4F)cc32)c(F)c1. The average molecular weight is 515 g/mol. The minimum absolute atomic E-state index is 0.0593. The molecule has 4 N–H and O–H groups in total. The molecule has 0 saturated heterocycles. The van der Waals surface area contributed by atoms with Crippen LogP contribution in [0.25, 0.3) is 11.1 Å². The molecule has 0 aromatic heterocycles. The van der Waals surface area contributed by atoms with Gasteiger partial charge in [-0.15, -0.1) is 0 Å². The van der Waals surface area contributed by atoms with Crippen LogP contribution in [0.1, 0.15) is 55.9 Å². The van der Waals surface area contributed by atoms with Gasteiger partial charge in [0.25, 0.3) is 5.91 Å². The lowest BCUT2D eigenvalue weighted by molar-refractivity contribution is 0.0857. The van der Waals surface area contributed by atoms with Gasteiger partial charge in [0.15, 0.2) is 5.84 Å². The standard InChI is InChI=1S/C29H20F3N3O3/c30-18-5-8-19(25(32)12-18)14-3-6-20-22(9-14)27-23-10-16(4-7-21(23)26(20)38-27)29(36)34-13-17-2-1-15(11-24(17)31)28(33)35-37/h1-12,26-27,37H,13H2,(H2,33,35)(H,34,36)/t26-,27+/m0/s1. The van der Waals surface area contributed by atoms with Crippen molar-refractivity contribution in [3.8, 4) is 11.1 Å². The van der Waals surface area contributed by atoms with Crippen molar-refractivity contribution in [1.82, 2.24) is 5.32 Å². The van der Waals surface area contributed by atoms with Crippen LogP contribution in [0.4, 0.5) is 13.2 Å². The summed E-state index contributed by atoms with van der Waals surface area (Å²) in [6.07, 6.45) is -0.721. The molecule has 2 aliphatic heterocycles. The van der Waals surface area contributed by atoms with Crippen molar-refractivity contribution in [2.45, 2.75) is 18.8 Å². The van der Waals surface area contributed by atoms with E-state index >= 15 is 0 Å².